The van der Waals surface area contributed by atoms with Crippen LogP contribution in [0.4, 0.5) is 0 Å². The molecule has 0 saturated heterocycles. The Kier molecular flexibility index (Phi) is 3.60. The van der Waals surface area contributed by atoms with Gasteiger partial charge in [0.25, 0.3) is 5.91 Å². The van der Waals surface area contributed by atoms with Gasteiger partial charge in [-0.05, 0) is 12.1 Å². The van der Waals surface area contributed by atoms with E-state index in [9.17, 15) is 4.79 Å². The van der Waals surface area contributed by atoms with Gasteiger partial charge in [-0.2, -0.15) is 0 Å². The second kappa shape index (κ2) is 5.34. The predicted octanol–water partition coefficient (Wildman–Crippen LogP) is -0.541. The zero-order valence-corrected chi connectivity index (χ0v) is 10.9. The zero-order valence-electron chi connectivity index (χ0n) is 10.9. The first kappa shape index (κ1) is 13.5. The van der Waals surface area contributed by atoms with Gasteiger partial charge in [0.2, 0.25) is 11.7 Å². The first-order valence-electron chi connectivity index (χ1n) is 5.60. The van der Waals surface area contributed by atoms with E-state index in [4.69, 9.17) is 10.9 Å². The van der Waals surface area contributed by atoms with Crippen molar-refractivity contribution in [1.29, 1.82) is 0 Å². The van der Waals surface area contributed by atoms with Gasteiger partial charge in [-0.25, -0.2) is 9.67 Å². The van der Waals surface area contributed by atoms with E-state index in [1.165, 1.54) is 22.1 Å². The Morgan fingerprint density at radius 1 is 1.45 bits per heavy atom. The monoisotopic (exact) mass is 275 g/mol. The summed E-state index contributed by atoms with van der Waals surface area (Å²) in [6.45, 7) is 0. The van der Waals surface area contributed by atoms with Crippen molar-refractivity contribution in [3.8, 4) is 5.69 Å². The molecule has 1 amide bonds. The van der Waals surface area contributed by atoms with Gasteiger partial charge in [-0.3, -0.25) is 9.78 Å². The third kappa shape index (κ3) is 2.55. The van der Waals surface area contributed by atoms with Crippen LogP contribution in [-0.2, 0) is 0 Å². The molecule has 0 aromatic carbocycles. The lowest BCUT2D eigenvalue weighted by atomic mass is 10.3. The molecule has 0 fully saturated rings. The van der Waals surface area contributed by atoms with Gasteiger partial charge in [-0.15, -0.1) is 5.10 Å². The molecule has 2 heterocycles. The van der Waals surface area contributed by atoms with Gasteiger partial charge < -0.3 is 15.8 Å². The molecule has 20 heavy (non-hydrogen) atoms. The van der Waals surface area contributed by atoms with E-state index in [1.54, 1.807) is 26.2 Å². The van der Waals surface area contributed by atoms with Crippen LogP contribution in [0.25, 0.3) is 5.69 Å². The molecular formula is C11H13N7O2. The molecule has 0 bridgehead atoms. The van der Waals surface area contributed by atoms with E-state index in [1.807, 2.05) is 0 Å². The maximum atomic E-state index is 11.8. The third-order valence-corrected chi connectivity index (χ3v) is 2.46. The highest BCUT2D eigenvalue weighted by Gasteiger charge is 2.12. The van der Waals surface area contributed by atoms with Crippen molar-refractivity contribution >= 4 is 11.7 Å². The Bertz CT molecular complexity index is 662. The second-order valence-corrected chi connectivity index (χ2v) is 4.10. The van der Waals surface area contributed by atoms with E-state index in [0.29, 0.717) is 5.69 Å². The summed E-state index contributed by atoms with van der Waals surface area (Å²) < 4.78 is 1.40. The number of nitrogens with zero attached hydrogens (tertiary/aromatic N) is 6. The van der Waals surface area contributed by atoms with Gasteiger partial charge >= 0.3 is 0 Å². The molecule has 2 aromatic heterocycles. The minimum Gasteiger partial charge on any atom is -0.409 e. The lowest BCUT2D eigenvalue weighted by molar-refractivity contribution is 0.0822. The van der Waals surface area contributed by atoms with Gasteiger partial charge in [0.1, 0.15) is 12.0 Å². The Morgan fingerprint density at radius 2 is 2.20 bits per heavy atom. The molecule has 0 saturated carbocycles. The van der Waals surface area contributed by atoms with Gasteiger partial charge in [-0.1, -0.05) is 5.16 Å². The molecule has 2 rings (SSSR count). The number of oxime groups is 1. The SMILES string of the molecule is CN(C)C(=O)c1cc(-n2cnc(C(N)=NO)n2)ccn1. The first-order valence-corrected chi connectivity index (χ1v) is 5.60. The molecule has 3 N–H and O–H groups in total. The van der Waals surface area contributed by atoms with Crippen LogP contribution in [0.5, 0.6) is 0 Å². The number of aromatic nitrogens is 4. The number of amides is 1. The molecule has 9 nitrogen and oxygen atoms in total. The van der Waals surface area contributed by atoms with Crippen LogP contribution in [0.15, 0.2) is 29.8 Å². The van der Waals surface area contributed by atoms with Crippen molar-refractivity contribution in [3.63, 3.8) is 0 Å². The largest absolute Gasteiger partial charge is 0.409 e. The maximum Gasteiger partial charge on any atom is 0.272 e. The van der Waals surface area contributed by atoms with Crippen molar-refractivity contribution in [2.45, 2.75) is 0 Å². The number of pyridine rings is 1. The number of carbonyl (C=O) groups is 1. The minimum absolute atomic E-state index is 0.0878. The molecule has 0 radical (unpaired) electrons. The highest BCUT2D eigenvalue weighted by atomic mass is 16.4. The number of hydrogen-bond donors (Lipinski definition) is 2. The number of amidine groups is 1. The smallest absolute Gasteiger partial charge is 0.272 e. The van der Waals surface area contributed by atoms with Gasteiger partial charge in [0.15, 0.2) is 0 Å². The summed E-state index contributed by atoms with van der Waals surface area (Å²) in [5, 5.41) is 15.4. The lowest BCUT2D eigenvalue weighted by Gasteiger charge is -2.09. The molecule has 2 aromatic rings. The summed E-state index contributed by atoms with van der Waals surface area (Å²) in [6, 6.07) is 3.24. The predicted molar refractivity (Wildman–Crippen MR) is 69.7 cm³/mol. The van der Waals surface area contributed by atoms with Crippen LogP contribution >= 0.6 is 0 Å². The lowest BCUT2D eigenvalue weighted by Crippen LogP contribution is -2.22. The Hall–Kier alpha value is -2.97. The van der Waals surface area contributed by atoms with Gasteiger partial charge in [0, 0.05) is 20.3 Å². The van der Waals surface area contributed by atoms with E-state index in [-0.39, 0.29) is 23.3 Å². The number of hydrogen-bond acceptors (Lipinski definition) is 6. The summed E-state index contributed by atoms with van der Waals surface area (Å²) in [7, 11) is 3.28. The fourth-order valence-electron chi connectivity index (χ4n) is 1.46. The van der Waals surface area contributed by atoms with Crippen LogP contribution < -0.4 is 5.73 Å². The molecule has 0 atom stereocenters. The van der Waals surface area contributed by atoms with Crippen molar-refractivity contribution in [1.82, 2.24) is 24.6 Å². The third-order valence-electron chi connectivity index (χ3n) is 2.46. The Balaban J connectivity index is 2.36. The molecule has 0 aliphatic rings. The van der Waals surface area contributed by atoms with E-state index in [2.05, 4.69) is 20.2 Å². The van der Waals surface area contributed by atoms with Crippen LogP contribution in [0.1, 0.15) is 16.3 Å². The Labute approximate surface area is 114 Å². The molecular weight excluding hydrogens is 262 g/mol. The fraction of sp³-hybridized carbons (Fsp3) is 0.182. The van der Waals surface area contributed by atoms with Crippen molar-refractivity contribution in [2.24, 2.45) is 10.9 Å². The molecule has 0 aliphatic carbocycles. The summed E-state index contributed by atoms with van der Waals surface area (Å²) in [4.78, 5) is 21.2. The first-order chi connectivity index (χ1) is 9.52. The van der Waals surface area contributed by atoms with E-state index in [0.717, 1.165) is 0 Å². The zero-order chi connectivity index (χ0) is 14.7. The van der Waals surface area contributed by atoms with Crippen molar-refractivity contribution < 1.29 is 10.0 Å². The highest BCUT2D eigenvalue weighted by molar-refractivity contribution is 5.93. The molecule has 0 aliphatic heterocycles. The summed E-state index contributed by atoms with van der Waals surface area (Å²) in [6.07, 6.45) is 2.89. The molecule has 0 unspecified atom stereocenters. The van der Waals surface area contributed by atoms with Crippen LogP contribution in [-0.4, -0.2) is 55.7 Å². The molecule has 9 heteroatoms. The summed E-state index contributed by atoms with van der Waals surface area (Å²) >= 11 is 0. The van der Waals surface area contributed by atoms with Gasteiger partial charge in [0.05, 0.1) is 5.69 Å². The standard InChI is InChI=1S/C11H13N7O2/c1-17(2)11(19)8-5-7(3-4-13-8)18-6-14-10(15-18)9(12)16-20/h3-6,20H,1-2H3,(H2,12,16). The van der Waals surface area contributed by atoms with Crippen LogP contribution in [0.3, 0.4) is 0 Å². The fourth-order valence-corrected chi connectivity index (χ4v) is 1.46. The molecule has 104 valence electrons. The molecule has 0 spiro atoms. The summed E-state index contributed by atoms with van der Waals surface area (Å²) in [5.74, 6) is -0.323. The number of nitrogens with two attached hydrogens (primary N) is 1. The van der Waals surface area contributed by atoms with E-state index >= 15 is 0 Å². The summed E-state index contributed by atoms with van der Waals surface area (Å²) in [5.41, 5.74) is 6.27. The topological polar surface area (TPSA) is 123 Å². The van der Waals surface area contributed by atoms with Crippen molar-refractivity contribution in [2.75, 3.05) is 14.1 Å². The second-order valence-electron chi connectivity index (χ2n) is 4.10. The van der Waals surface area contributed by atoms with E-state index < -0.39 is 0 Å². The van der Waals surface area contributed by atoms with Crippen LogP contribution in [0, 0.1) is 0 Å². The Morgan fingerprint density at radius 3 is 2.85 bits per heavy atom. The van der Waals surface area contributed by atoms with Crippen LogP contribution in [0.2, 0.25) is 0 Å². The number of rotatable bonds is 3. The normalized spacial score (nSPS) is 11.4. The average Bonchev–Trinajstić information content (AvgIpc) is 2.95. The minimum atomic E-state index is -0.219. The quantitative estimate of drug-likeness (QED) is 0.335. The number of carbonyl (C=O) groups excluding carboxylic acids is 1. The average molecular weight is 275 g/mol. The maximum absolute atomic E-state index is 11.8. The highest BCUT2D eigenvalue weighted by Crippen LogP contribution is 2.08. The van der Waals surface area contributed by atoms with Crippen molar-refractivity contribution in [3.05, 3.63) is 36.2 Å².